The number of primary amides is 1. The number of carboxylic acid groups (broad SMARTS) is 1. The Kier molecular flexibility index (Phi) is 4.30. The summed E-state index contributed by atoms with van der Waals surface area (Å²) in [6, 6.07) is 12.0. The Morgan fingerprint density at radius 2 is 1.71 bits per heavy atom. The number of benzene rings is 2. The van der Waals surface area contributed by atoms with E-state index in [0.29, 0.717) is 5.56 Å². The van der Waals surface area contributed by atoms with E-state index in [0.717, 1.165) is 22.3 Å². The molecule has 0 aromatic heterocycles. The molecule has 1 aliphatic rings. The minimum Gasteiger partial charge on any atom is -0.480 e. The number of hydrogen-bond donors (Lipinski definition) is 5. The van der Waals surface area contributed by atoms with Crippen LogP contribution in [-0.2, 0) is 4.79 Å². The summed E-state index contributed by atoms with van der Waals surface area (Å²) in [5.41, 5.74) is 17.7. The van der Waals surface area contributed by atoms with Crippen LogP contribution in [0.1, 0.15) is 27.5 Å². The molecule has 7 heteroatoms. The zero-order valence-corrected chi connectivity index (χ0v) is 13.0. The predicted octanol–water partition coefficient (Wildman–Crippen LogP) is 0.868. The number of carboxylic acids is 1. The Hall–Kier alpha value is -2.74. The van der Waals surface area contributed by atoms with Gasteiger partial charge in [-0.25, -0.2) is 10.9 Å². The van der Waals surface area contributed by atoms with E-state index in [1.165, 1.54) is 0 Å². The van der Waals surface area contributed by atoms with Crippen molar-refractivity contribution in [3.8, 4) is 11.1 Å². The maximum atomic E-state index is 11.3. The molecule has 24 heavy (non-hydrogen) atoms. The minimum atomic E-state index is -0.931. The second-order valence-corrected chi connectivity index (χ2v) is 5.72. The number of amides is 1. The van der Waals surface area contributed by atoms with E-state index in [1.807, 2.05) is 43.3 Å². The Morgan fingerprint density at radius 1 is 1.04 bits per heavy atom. The van der Waals surface area contributed by atoms with E-state index in [9.17, 15) is 14.7 Å². The van der Waals surface area contributed by atoms with Crippen molar-refractivity contribution in [2.75, 3.05) is 0 Å². The van der Waals surface area contributed by atoms with E-state index in [1.54, 1.807) is 6.07 Å². The SMILES string of the molecule is Cc1cc(-c2ccc(C3NNNC3C(=O)O)cc2)ccc1C(N)=O. The van der Waals surface area contributed by atoms with Crippen LogP contribution in [0.3, 0.4) is 0 Å². The second-order valence-electron chi connectivity index (χ2n) is 5.72. The average molecular weight is 326 g/mol. The van der Waals surface area contributed by atoms with Gasteiger partial charge in [-0.1, -0.05) is 36.4 Å². The molecular weight excluding hydrogens is 308 g/mol. The van der Waals surface area contributed by atoms with Crippen molar-refractivity contribution in [2.24, 2.45) is 5.73 Å². The lowest BCUT2D eigenvalue weighted by Crippen LogP contribution is -2.38. The molecule has 3 rings (SSSR count). The monoisotopic (exact) mass is 326 g/mol. The summed E-state index contributed by atoms with van der Waals surface area (Å²) >= 11 is 0. The molecule has 2 aromatic rings. The summed E-state index contributed by atoms with van der Waals surface area (Å²) in [5, 5.41) is 9.20. The highest BCUT2D eigenvalue weighted by Crippen LogP contribution is 2.26. The standard InChI is InChI=1S/C17H18N4O3/c1-9-8-12(6-7-13(9)16(18)22)10-2-4-11(5-3-10)14-15(17(23)24)20-21-19-14/h2-8,14-15,19-21H,1H3,(H2,18,22)(H,23,24). The lowest BCUT2D eigenvalue weighted by Gasteiger charge is -2.15. The van der Waals surface area contributed by atoms with Gasteiger partial charge in [0.2, 0.25) is 5.91 Å². The topological polar surface area (TPSA) is 116 Å². The maximum Gasteiger partial charge on any atom is 0.324 e. The van der Waals surface area contributed by atoms with E-state index < -0.39 is 17.9 Å². The van der Waals surface area contributed by atoms with Crippen LogP contribution in [0.4, 0.5) is 0 Å². The lowest BCUT2D eigenvalue weighted by atomic mass is 9.96. The number of carbonyl (C=O) groups is 2. The number of rotatable bonds is 4. The molecule has 6 N–H and O–H groups in total. The van der Waals surface area contributed by atoms with Gasteiger partial charge in [-0.05, 0) is 35.2 Å². The molecule has 2 aromatic carbocycles. The maximum absolute atomic E-state index is 11.3. The number of aliphatic carboxylic acids is 1. The number of carbonyl (C=O) groups excluding carboxylic acids is 1. The number of nitrogens with two attached hydrogens (primary N) is 1. The molecule has 1 amide bonds. The Morgan fingerprint density at radius 3 is 2.29 bits per heavy atom. The third kappa shape index (κ3) is 3.00. The highest BCUT2D eigenvalue weighted by Gasteiger charge is 2.33. The first-order chi connectivity index (χ1) is 11.5. The summed E-state index contributed by atoms with van der Waals surface area (Å²) in [6.07, 6.45) is 0. The number of hydrazine groups is 2. The van der Waals surface area contributed by atoms with Crippen LogP contribution in [0.15, 0.2) is 42.5 Å². The molecule has 1 heterocycles. The van der Waals surface area contributed by atoms with Gasteiger partial charge in [0.1, 0.15) is 6.04 Å². The van der Waals surface area contributed by atoms with Crippen LogP contribution in [0.5, 0.6) is 0 Å². The lowest BCUT2D eigenvalue weighted by molar-refractivity contribution is -0.139. The molecule has 7 nitrogen and oxygen atoms in total. The van der Waals surface area contributed by atoms with Crippen LogP contribution in [0.2, 0.25) is 0 Å². The third-order valence-electron chi connectivity index (χ3n) is 4.15. The highest BCUT2D eigenvalue weighted by molar-refractivity contribution is 5.94. The fourth-order valence-electron chi connectivity index (χ4n) is 2.85. The molecule has 0 bridgehead atoms. The Labute approximate surface area is 138 Å². The van der Waals surface area contributed by atoms with Crippen LogP contribution < -0.4 is 22.1 Å². The van der Waals surface area contributed by atoms with Gasteiger partial charge in [0.15, 0.2) is 0 Å². The molecule has 2 unspecified atom stereocenters. The molecular formula is C17H18N4O3. The van der Waals surface area contributed by atoms with E-state index in [2.05, 4.69) is 16.4 Å². The van der Waals surface area contributed by atoms with Crippen LogP contribution in [-0.4, -0.2) is 23.0 Å². The predicted molar refractivity (Wildman–Crippen MR) is 88.7 cm³/mol. The zero-order chi connectivity index (χ0) is 17.3. The molecule has 0 spiro atoms. The van der Waals surface area contributed by atoms with Gasteiger partial charge in [-0.15, -0.1) is 0 Å². The van der Waals surface area contributed by atoms with Crippen molar-refractivity contribution in [3.05, 3.63) is 59.2 Å². The molecule has 0 radical (unpaired) electrons. The quantitative estimate of drug-likeness (QED) is 0.569. The van der Waals surface area contributed by atoms with Crippen molar-refractivity contribution >= 4 is 11.9 Å². The minimum absolute atomic E-state index is 0.365. The van der Waals surface area contributed by atoms with E-state index >= 15 is 0 Å². The third-order valence-corrected chi connectivity index (χ3v) is 4.15. The fraction of sp³-hybridized carbons (Fsp3) is 0.176. The van der Waals surface area contributed by atoms with Crippen molar-refractivity contribution in [1.82, 2.24) is 16.4 Å². The van der Waals surface area contributed by atoms with Crippen LogP contribution in [0.25, 0.3) is 11.1 Å². The highest BCUT2D eigenvalue weighted by atomic mass is 16.4. The Balaban J connectivity index is 1.86. The first kappa shape index (κ1) is 16.1. The molecule has 124 valence electrons. The van der Waals surface area contributed by atoms with Gasteiger partial charge in [0.05, 0.1) is 6.04 Å². The number of nitrogens with one attached hydrogen (secondary N) is 3. The summed E-state index contributed by atoms with van der Waals surface area (Å²) in [7, 11) is 0. The van der Waals surface area contributed by atoms with Gasteiger partial charge < -0.3 is 10.8 Å². The number of hydrogen-bond acceptors (Lipinski definition) is 5. The van der Waals surface area contributed by atoms with Gasteiger partial charge >= 0.3 is 5.97 Å². The van der Waals surface area contributed by atoms with E-state index in [4.69, 9.17) is 5.73 Å². The second kappa shape index (κ2) is 6.40. The largest absolute Gasteiger partial charge is 0.480 e. The summed E-state index contributed by atoms with van der Waals surface area (Å²) in [5.74, 6) is -1.37. The summed E-state index contributed by atoms with van der Waals surface area (Å²) in [6.45, 7) is 1.84. The van der Waals surface area contributed by atoms with Gasteiger partial charge in [0.25, 0.3) is 0 Å². The van der Waals surface area contributed by atoms with Gasteiger partial charge in [-0.3, -0.25) is 9.59 Å². The first-order valence-corrected chi connectivity index (χ1v) is 7.47. The zero-order valence-electron chi connectivity index (χ0n) is 13.0. The molecule has 2 atom stereocenters. The number of aryl methyl sites for hydroxylation is 1. The van der Waals surface area contributed by atoms with Crippen LogP contribution >= 0.6 is 0 Å². The van der Waals surface area contributed by atoms with Crippen molar-refractivity contribution in [2.45, 2.75) is 19.0 Å². The van der Waals surface area contributed by atoms with Crippen molar-refractivity contribution in [1.29, 1.82) is 0 Å². The molecule has 0 saturated carbocycles. The first-order valence-electron chi connectivity index (χ1n) is 7.47. The molecule has 0 aliphatic carbocycles. The normalized spacial score (nSPS) is 20.0. The van der Waals surface area contributed by atoms with Crippen molar-refractivity contribution in [3.63, 3.8) is 0 Å². The van der Waals surface area contributed by atoms with E-state index in [-0.39, 0.29) is 6.04 Å². The Bertz CT molecular complexity index is 789. The van der Waals surface area contributed by atoms with Gasteiger partial charge in [-0.2, -0.15) is 5.53 Å². The van der Waals surface area contributed by atoms with Gasteiger partial charge in [0, 0.05) is 5.56 Å². The summed E-state index contributed by atoms with van der Waals surface area (Å²) in [4.78, 5) is 22.5. The van der Waals surface area contributed by atoms with Crippen LogP contribution in [0, 0.1) is 6.92 Å². The molecule has 1 fully saturated rings. The summed E-state index contributed by atoms with van der Waals surface area (Å²) < 4.78 is 0. The molecule has 1 aliphatic heterocycles. The smallest absolute Gasteiger partial charge is 0.324 e. The fourth-order valence-corrected chi connectivity index (χ4v) is 2.85. The average Bonchev–Trinajstić information content (AvgIpc) is 3.04. The molecule has 1 saturated heterocycles. The van der Waals surface area contributed by atoms with Crippen molar-refractivity contribution < 1.29 is 14.7 Å².